The van der Waals surface area contributed by atoms with Gasteiger partial charge < -0.3 is 15.0 Å². The maximum atomic E-state index is 5.03. The molecule has 0 aliphatic heterocycles. The molecule has 0 fully saturated rings. The van der Waals surface area contributed by atoms with E-state index in [9.17, 15) is 0 Å². The molecule has 6 heterocycles. The Morgan fingerprint density at radius 2 is 1.02 bits per heavy atom. The summed E-state index contributed by atoms with van der Waals surface area (Å²) >= 11 is 0. The van der Waals surface area contributed by atoms with E-state index in [1.807, 2.05) is 137 Å². The minimum Gasteiger partial charge on any atom is -0.357 e. The molecule has 47 heavy (non-hydrogen) atoms. The quantitative estimate of drug-likeness (QED) is 0.180. The fourth-order valence-corrected chi connectivity index (χ4v) is 5.90. The van der Waals surface area contributed by atoms with Crippen molar-refractivity contribution in [2.75, 3.05) is 0 Å². The first-order chi connectivity index (χ1) is 22.6. The minimum atomic E-state index is 0. The molecule has 0 saturated heterocycles. The fourth-order valence-electron chi connectivity index (χ4n) is 5.90. The largest absolute Gasteiger partial charge is 2.00 e. The van der Waals surface area contributed by atoms with Gasteiger partial charge in [0.1, 0.15) is 5.65 Å². The number of rotatable bonds is 2. The molecular formula is C35H24CuN11+. The minimum absolute atomic E-state index is 0. The van der Waals surface area contributed by atoms with E-state index in [4.69, 9.17) is 39.9 Å². The summed E-state index contributed by atoms with van der Waals surface area (Å²) in [5, 5.41) is 1.72. The summed E-state index contributed by atoms with van der Waals surface area (Å²) in [6.45, 7) is 3.96. The molecule has 9 aromatic rings. The molecule has 3 aromatic carbocycles. The first kappa shape index (κ1) is 28.5. The van der Waals surface area contributed by atoms with E-state index in [0.29, 0.717) is 45.6 Å². The molecule has 12 heteroatoms. The van der Waals surface area contributed by atoms with Crippen LogP contribution in [0.2, 0.25) is 0 Å². The number of para-hydroxylation sites is 2. The van der Waals surface area contributed by atoms with Crippen molar-refractivity contribution in [2.24, 2.45) is 0 Å². The Kier molecular flexibility index (Phi) is 6.75. The van der Waals surface area contributed by atoms with Crippen LogP contribution in [-0.4, -0.2) is 39.0 Å². The Morgan fingerprint density at radius 1 is 0.511 bits per heavy atom. The second-order valence-corrected chi connectivity index (χ2v) is 10.9. The van der Waals surface area contributed by atoms with Crippen LogP contribution in [0.3, 0.4) is 0 Å². The molecule has 229 valence electrons. The second-order valence-electron chi connectivity index (χ2n) is 10.9. The van der Waals surface area contributed by atoms with Gasteiger partial charge in [-0.2, -0.15) is 15.0 Å². The number of aryl methyl sites for hydroxylation is 2. The van der Waals surface area contributed by atoms with Gasteiger partial charge in [0.05, 0.1) is 16.9 Å². The van der Waals surface area contributed by atoms with E-state index < -0.39 is 0 Å². The molecule has 0 amide bonds. The molecule has 0 atom stereocenters. The Labute approximate surface area is 277 Å². The van der Waals surface area contributed by atoms with Gasteiger partial charge in [-0.1, -0.05) is 66.7 Å². The predicted octanol–water partition coefficient (Wildman–Crippen LogP) is 5.36. The van der Waals surface area contributed by atoms with Gasteiger partial charge in [0, 0.05) is 28.9 Å². The molecular weight excluding hydrogens is 638 g/mol. The van der Waals surface area contributed by atoms with Gasteiger partial charge in [-0.05, 0) is 61.0 Å². The molecule has 0 spiro atoms. The van der Waals surface area contributed by atoms with Crippen LogP contribution in [-0.2, 0) is 17.1 Å². The van der Waals surface area contributed by atoms with Crippen molar-refractivity contribution in [1.29, 1.82) is 0 Å². The van der Waals surface area contributed by atoms with Crippen LogP contribution in [0.1, 0.15) is 11.4 Å². The number of hydrogen-bond acceptors (Lipinski definition) is 6. The smallest absolute Gasteiger partial charge is 0.357 e. The van der Waals surface area contributed by atoms with E-state index in [0.717, 1.165) is 39.1 Å². The summed E-state index contributed by atoms with van der Waals surface area (Å²) in [6, 6.07) is 33.8. The molecule has 0 saturated carbocycles. The third kappa shape index (κ3) is 4.61. The maximum absolute atomic E-state index is 5.03. The Hall–Kier alpha value is -5.97. The summed E-state index contributed by atoms with van der Waals surface area (Å²) in [7, 11) is 0. The maximum Gasteiger partial charge on any atom is 2.00 e. The number of imidazole rings is 3. The summed E-state index contributed by atoms with van der Waals surface area (Å²) in [5.74, 6) is 1.33. The van der Waals surface area contributed by atoms with E-state index in [-0.39, 0.29) is 17.1 Å². The average molecular weight is 662 g/mol. The number of pyridine rings is 1. The van der Waals surface area contributed by atoms with E-state index in [1.165, 1.54) is 0 Å². The molecule has 8 bridgehead atoms. The van der Waals surface area contributed by atoms with Crippen molar-refractivity contribution in [3.63, 3.8) is 0 Å². The van der Waals surface area contributed by atoms with Crippen LogP contribution < -0.4 is 14.4 Å². The normalized spacial score (nSPS) is 11.4. The topological polar surface area (TPSA) is 120 Å². The van der Waals surface area contributed by atoms with Gasteiger partial charge in [-0.3, -0.25) is 13.5 Å². The first-order valence-corrected chi connectivity index (χ1v) is 14.8. The van der Waals surface area contributed by atoms with Crippen LogP contribution in [0.15, 0.2) is 109 Å². The van der Waals surface area contributed by atoms with Crippen molar-refractivity contribution in [2.45, 2.75) is 13.8 Å². The predicted molar refractivity (Wildman–Crippen MR) is 175 cm³/mol. The Bertz CT molecular complexity index is 2530. The van der Waals surface area contributed by atoms with E-state index in [2.05, 4.69) is 0 Å². The van der Waals surface area contributed by atoms with Crippen LogP contribution in [0.25, 0.3) is 73.2 Å². The van der Waals surface area contributed by atoms with E-state index in [1.54, 1.807) is 0 Å². The molecule has 0 N–H and O–H groups in total. The zero-order valence-electron chi connectivity index (χ0n) is 25.1. The van der Waals surface area contributed by atoms with Crippen LogP contribution in [0.4, 0.5) is 0 Å². The van der Waals surface area contributed by atoms with Crippen molar-refractivity contribution >= 4 is 61.9 Å². The van der Waals surface area contributed by atoms with Crippen molar-refractivity contribution < 1.29 is 21.5 Å². The van der Waals surface area contributed by atoms with Crippen LogP contribution in [0, 0.1) is 13.8 Å². The molecule has 6 aromatic heterocycles. The van der Waals surface area contributed by atoms with Gasteiger partial charge in [0.15, 0.2) is 17.1 Å². The number of benzene rings is 3. The van der Waals surface area contributed by atoms with Gasteiger partial charge in [-0.15, -0.1) is 0 Å². The summed E-state index contributed by atoms with van der Waals surface area (Å²) in [4.78, 5) is 39.8. The number of fused-ring (bicyclic) bond motifs is 14. The SMILES string of the molecule is Cc1c2nc(nc3[n-]c(nc4nc(nc5[n-]c(n2)[n+]2ccccc52)n(-c2ccccc2)c4C)c2ccccc32)n1-c1ccccc1.[Cu+2]. The monoisotopic (exact) mass is 661 g/mol. The Balaban J connectivity index is 0.00000324. The van der Waals surface area contributed by atoms with Crippen LogP contribution in [0.5, 0.6) is 0 Å². The molecule has 0 unspecified atom stereocenters. The summed E-state index contributed by atoms with van der Waals surface area (Å²) < 4.78 is 5.87. The van der Waals surface area contributed by atoms with Gasteiger partial charge in [0.2, 0.25) is 11.6 Å². The average Bonchev–Trinajstić information content (AvgIpc) is 3.80. The molecule has 0 aliphatic rings. The standard InChI is InChI=1S/C35H24N11.Cu/c1-21-28-36-30-25-17-9-10-18-26(25)31(37-30)41-34-40-29(22(2)46(34)24-15-7-4-8-16-24)38-33-42-32(27-19-11-12-20-44(27)33)43-35(39-28)45(21)23-13-5-3-6-14-23;/h3-20H,1-2H3;/q-1;+2. The number of hydrogen-bond donors (Lipinski definition) is 0. The molecule has 0 aliphatic carbocycles. The second kappa shape index (κ2) is 11.1. The number of nitrogens with zero attached hydrogens (tertiary/aromatic N) is 11. The van der Waals surface area contributed by atoms with Crippen LogP contribution >= 0.6 is 0 Å². The third-order valence-corrected chi connectivity index (χ3v) is 8.12. The molecule has 9 rings (SSSR count). The van der Waals surface area contributed by atoms with Gasteiger partial charge in [0.25, 0.3) is 0 Å². The van der Waals surface area contributed by atoms with Crippen molar-refractivity contribution in [1.82, 2.24) is 49.0 Å². The molecule has 1 radical (unpaired) electrons. The summed E-state index contributed by atoms with van der Waals surface area (Å²) in [5.41, 5.74) is 6.70. The Morgan fingerprint density at radius 3 is 1.64 bits per heavy atom. The van der Waals surface area contributed by atoms with Crippen molar-refractivity contribution in [3.8, 4) is 11.4 Å². The zero-order chi connectivity index (χ0) is 30.8. The third-order valence-electron chi connectivity index (χ3n) is 8.12. The van der Waals surface area contributed by atoms with Gasteiger partial charge in [-0.25, -0.2) is 9.97 Å². The summed E-state index contributed by atoms with van der Waals surface area (Å²) in [6.07, 6.45) is 1.92. The zero-order valence-corrected chi connectivity index (χ0v) is 26.1. The van der Waals surface area contributed by atoms with Gasteiger partial charge >= 0.3 is 17.1 Å². The van der Waals surface area contributed by atoms with E-state index >= 15 is 0 Å². The first-order valence-electron chi connectivity index (χ1n) is 14.8. The fraction of sp³-hybridized carbons (Fsp3) is 0.0571. The number of aromatic nitrogens is 11. The van der Waals surface area contributed by atoms with Crippen molar-refractivity contribution in [3.05, 3.63) is 121 Å². The molecule has 11 nitrogen and oxygen atoms in total.